The summed E-state index contributed by atoms with van der Waals surface area (Å²) < 4.78 is 30.3. The number of methoxy groups -OCH3 is 1. The molecule has 3 rings (SSSR count). The molecule has 0 saturated heterocycles. The van der Waals surface area contributed by atoms with Crippen molar-refractivity contribution in [1.82, 2.24) is 0 Å². The number of esters is 1. The number of carbonyl (C=O) groups is 1. The summed E-state index contributed by atoms with van der Waals surface area (Å²) in [6.45, 7) is 2.80. The fraction of sp³-hybridized carbons (Fsp3) is 0.208. The highest BCUT2D eigenvalue weighted by Gasteiger charge is 2.13. The van der Waals surface area contributed by atoms with Crippen LogP contribution in [0.5, 0.6) is 11.5 Å². The van der Waals surface area contributed by atoms with Gasteiger partial charge in [0, 0.05) is 17.8 Å². The van der Waals surface area contributed by atoms with Crippen LogP contribution in [0.25, 0.3) is 0 Å². The zero-order chi connectivity index (χ0) is 23.1. The number of hydrogen-bond acceptors (Lipinski definition) is 5. The largest absolute Gasteiger partial charge is 0.493 e. The van der Waals surface area contributed by atoms with Crippen LogP contribution in [0.15, 0.2) is 59.1 Å². The fourth-order valence-corrected chi connectivity index (χ4v) is 3.77. The minimum Gasteiger partial charge on any atom is -0.493 e. The van der Waals surface area contributed by atoms with Gasteiger partial charge in [-0.15, -0.1) is 0 Å². The molecule has 0 fully saturated rings. The Kier molecular flexibility index (Phi) is 8.36. The van der Waals surface area contributed by atoms with Gasteiger partial charge in [0.15, 0.2) is 11.5 Å². The molecule has 0 spiro atoms. The normalized spacial score (nSPS) is 10.5. The van der Waals surface area contributed by atoms with Gasteiger partial charge in [-0.05, 0) is 76.9 Å². The van der Waals surface area contributed by atoms with Crippen molar-refractivity contribution < 1.29 is 23.4 Å². The molecule has 0 aliphatic heterocycles. The highest BCUT2D eigenvalue weighted by molar-refractivity contribution is 9.10. The van der Waals surface area contributed by atoms with Gasteiger partial charge in [-0.3, -0.25) is 0 Å². The first-order valence-electron chi connectivity index (χ1n) is 9.85. The van der Waals surface area contributed by atoms with Gasteiger partial charge >= 0.3 is 5.97 Å². The molecule has 5 nitrogen and oxygen atoms in total. The number of anilines is 1. The molecule has 0 unspecified atom stereocenters. The predicted octanol–water partition coefficient (Wildman–Crippen LogP) is 6.62. The Hall–Kier alpha value is -2.77. The number of rotatable bonds is 9. The molecular weight excluding hydrogens is 501 g/mol. The molecule has 0 aromatic heterocycles. The van der Waals surface area contributed by atoms with Gasteiger partial charge in [-0.2, -0.15) is 0 Å². The van der Waals surface area contributed by atoms with Gasteiger partial charge in [0.05, 0.1) is 28.8 Å². The second-order valence-electron chi connectivity index (χ2n) is 6.78. The summed E-state index contributed by atoms with van der Waals surface area (Å²) in [7, 11) is 1.56. The average molecular weight is 523 g/mol. The van der Waals surface area contributed by atoms with Gasteiger partial charge in [-0.25, -0.2) is 9.18 Å². The van der Waals surface area contributed by atoms with E-state index in [1.165, 1.54) is 12.1 Å². The topological polar surface area (TPSA) is 56.8 Å². The summed E-state index contributed by atoms with van der Waals surface area (Å²) in [4.78, 5) is 11.8. The summed E-state index contributed by atoms with van der Waals surface area (Å²) in [5.41, 5.74) is 2.98. The number of carbonyl (C=O) groups excluding carboxylic acids is 1. The maximum Gasteiger partial charge on any atom is 0.338 e. The number of halogens is 3. The standard InChI is InChI=1S/C24H22BrClFNO4/c1-3-31-24(29)16-5-8-19(9-6-16)28-13-15-10-20(25)23(22(11-15)30-2)32-14-17-4-7-18(27)12-21(17)26/h4-12,28H,3,13-14H2,1-2H3. The first-order valence-corrected chi connectivity index (χ1v) is 11.0. The molecule has 168 valence electrons. The van der Waals surface area contributed by atoms with Crippen LogP contribution in [0.2, 0.25) is 5.02 Å². The molecule has 0 saturated carbocycles. The van der Waals surface area contributed by atoms with Crippen LogP contribution >= 0.6 is 27.5 Å². The molecule has 0 radical (unpaired) electrons. The Morgan fingerprint density at radius 1 is 1.12 bits per heavy atom. The second-order valence-corrected chi connectivity index (χ2v) is 8.05. The second kappa shape index (κ2) is 11.2. The van der Waals surface area contributed by atoms with Crippen molar-refractivity contribution in [2.24, 2.45) is 0 Å². The summed E-state index contributed by atoms with van der Waals surface area (Å²) in [6, 6.07) is 15.0. The third-order valence-corrected chi connectivity index (χ3v) is 5.51. The highest BCUT2D eigenvalue weighted by Crippen LogP contribution is 2.37. The van der Waals surface area contributed by atoms with E-state index in [0.717, 1.165) is 11.3 Å². The molecule has 0 atom stereocenters. The smallest absolute Gasteiger partial charge is 0.338 e. The van der Waals surface area contributed by atoms with Crippen LogP contribution in [0.1, 0.15) is 28.4 Å². The molecule has 0 aliphatic carbocycles. The van der Waals surface area contributed by atoms with Crippen LogP contribution in [0, 0.1) is 5.82 Å². The molecule has 0 heterocycles. The molecule has 0 aliphatic rings. The molecule has 1 N–H and O–H groups in total. The number of ether oxygens (including phenoxy) is 3. The Labute approximate surface area is 199 Å². The Morgan fingerprint density at radius 3 is 2.53 bits per heavy atom. The van der Waals surface area contributed by atoms with Gasteiger partial charge in [0.25, 0.3) is 0 Å². The van der Waals surface area contributed by atoms with Crippen molar-refractivity contribution in [3.63, 3.8) is 0 Å². The highest BCUT2D eigenvalue weighted by atomic mass is 79.9. The molecule has 32 heavy (non-hydrogen) atoms. The van der Waals surface area contributed by atoms with Gasteiger partial charge < -0.3 is 19.5 Å². The van der Waals surface area contributed by atoms with Crippen LogP contribution < -0.4 is 14.8 Å². The molecule has 8 heteroatoms. The van der Waals surface area contributed by atoms with E-state index < -0.39 is 5.82 Å². The van der Waals surface area contributed by atoms with E-state index in [9.17, 15) is 9.18 Å². The maximum atomic E-state index is 13.2. The maximum absolute atomic E-state index is 13.2. The lowest BCUT2D eigenvalue weighted by molar-refractivity contribution is 0.0526. The van der Waals surface area contributed by atoms with Crippen LogP contribution in [0.3, 0.4) is 0 Å². The number of benzene rings is 3. The third kappa shape index (κ3) is 6.14. The number of nitrogens with one attached hydrogen (secondary N) is 1. The van der Waals surface area contributed by atoms with E-state index in [0.29, 0.717) is 45.3 Å². The lowest BCUT2D eigenvalue weighted by Gasteiger charge is -2.16. The van der Waals surface area contributed by atoms with E-state index in [-0.39, 0.29) is 12.6 Å². The van der Waals surface area contributed by atoms with Crippen molar-refractivity contribution in [3.05, 3.63) is 86.6 Å². The van der Waals surface area contributed by atoms with E-state index in [2.05, 4.69) is 21.2 Å². The summed E-state index contributed by atoms with van der Waals surface area (Å²) in [5, 5.41) is 3.61. The SMILES string of the molecule is CCOC(=O)c1ccc(NCc2cc(Br)c(OCc3ccc(F)cc3Cl)c(OC)c2)cc1. The minimum absolute atomic E-state index is 0.165. The molecule has 3 aromatic rings. The predicted molar refractivity (Wildman–Crippen MR) is 126 cm³/mol. The lowest BCUT2D eigenvalue weighted by Crippen LogP contribution is -2.05. The summed E-state index contributed by atoms with van der Waals surface area (Å²) in [5.74, 6) is 0.331. The Bertz CT molecular complexity index is 1090. The lowest BCUT2D eigenvalue weighted by atomic mass is 10.1. The quantitative estimate of drug-likeness (QED) is 0.320. The van der Waals surface area contributed by atoms with Crippen molar-refractivity contribution >= 4 is 39.2 Å². The summed E-state index contributed by atoms with van der Waals surface area (Å²) >= 11 is 9.61. The first kappa shape index (κ1) is 23.9. The molecule has 3 aromatic carbocycles. The average Bonchev–Trinajstić information content (AvgIpc) is 2.78. The zero-order valence-electron chi connectivity index (χ0n) is 17.6. The van der Waals surface area contributed by atoms with Crippen molar-refractivity contribution in [1.29, 1.82) is 0 Å². The van der Waals surface area contributed by atoms with E-state index >= 15 is 0 Å². The molecule has 0 amide bonds. The first-order chi connectivity index (χ1) is 15.4. The zero-order valence-corrected chi connectivity index (χ0v) is 19.9. The van der Waals surface area contributed by atoms with Gasteiger partial charge in [-0.1, -0.05) is 17.7 Å². The fourth-order valence-electron chi connectivity index (χ4n) is 2.95. The van der Waals surface area contributed by atoms with Crippen molar-refractivity contribution in [2.75, 3.05) is 19.0 Å². The molecule has 0 bridgehead atoms. The monoisotopic (exact) mass is 521 g/mol. The number of hydrogen-bond donors (Lipinski definition) is 1. The van der Waals surface area contributed by atoms with Gasteiger partial charge in [0.2, 0.25) is 0 Å². The van der Waals surface area contributed by atoms with Gasteiger partial charge in [0.1, 0.15) is 12.4 Å². The van der Waals surface area contributed by atoms with Crippen LogP contribution in [-0.4, -0.2) is 19.7 Å². The summed E-state index contributed by atoms with van der Waals surface area (Å²) in [6.07, 6.45) is 0. The Balaban J connectivity index is 1.67. The Morgan fingerprint density at radius 2 is 1.88 bits per heavy atom. The van der Waals surface area contributed by atoms with Crippen molar-refractivity contribution in [3.8, 4) is 11.5 Å². The minimum atomic E-state index is -0.398. The van der Waals surface area contributed by atoms with Crippen LogP contribution in [0.4, 0.5) is 10.1 Å². The van der Waals surface area contributed by atoms with E-state index in [4.69, 9.17) is 25.8 Å². The van der Waals surface area contributed by atoms with E-state index in [1.54, 1.807) is 32.2 Å². The third-order valence-electron chi connectivity index (χ3n) is 4.57. The van der Waals surface area contributed by atoms with E-state index in [1.807, 2.05) is 24.3 Å². The van der Waals surface area contributed by atoms with Crippen molar-refractivity contribution in [2.45, 2.75) is 20.1 Å². The van der Waals surface area contributed by atoms with Crippen LogP contribution in [-0.2, 0) is 17.9 Å². The molecular formula is C24H22BrClFNO4.